The maximum Gasteiger partial charge on any atom is 0.421 e. The Morgan fingerprint density at radius 3 is 2.71 bits per heavy atom. The van der Waals surface area contributed by atoms with Gasteiger partial charge in [-0.3, -0.25) is 9.38 Å². The van der Waals surface area contributed by atoms with Crippen molar-refractivity contribution in [2.24, 2.45) is 4.99 Å². The first kappa shape index (κ1) is 21.1. The van der Waals surface area contributed by atoms with E-state index in [2.05, 4.69) is 25.3 Å². The molecule has 1 saturated heterocycles. The minimum Gasteiger partial charge on any atom is -0.496 e. The Hall–Kier alpha value is -3.12. The van der Waals surface area contributed by atoms with E-state index >= 15 is 0 Å². The molecule has 31 heavy (non-hydrogen) atoms. The number of aliphatic imine (C=N–C) groups is 1. The summed E-state index contributed by atoms with van der Waals surface area (Å²) >= 11 is 0. The maximum atomic E-state index is 13.8. The second kappa shape index (κ2) is 7.54. The molecule has 1 aliphatic heterocycles. The predicted octanol–water partition coefficient (Wildman–Crippen LogP) is 2.58. The molecule has 164 valence electrons. The van der Waals surface area contributed by atoms with Gasteiger partial charge in [0.1, 0.15) is 17.1 Å². The predicted molar refractivity (Wildman–Crippen MR) is 103 cm³/mol. The Kier molecular flexibility index (Phi) is 5.13. The molecule has 0 aliphatic carbocycles. The highest BCUT2D eigenvalue weighted by Gasteiger charge is 2.53. The number of nitrogens with zero attached hydrogens (tertiary/aromatic N) is 5. The molecular weight excluding hydrogens is 420 g/mol. The largest absolute Gasteiger partial charge is 0.496 e. The summed E-state index contributed by atoms with van der Waals surface area (Å²) in [5.41, 5.74) is -2.52. The molecule has 4 heterocycles. The number of rotatable bonds is 4. The van der Waals surface area contributed by atoms with Crippen LogP contribution < -0.4 is 10.1 Å². The first-order valence-electron chi connectivity index (χ1n) is 9.21. The first-order valence-corrected chi connectivity index (χ1v) is 9.21. The van der Waals surface area contributed by atoms with Crippen molar-refractivity contribution < 1.29 is 27.4 Å². The van der Waals surface area contributed by atoms with E-state index in [1.807, 2.05) is 0 Å². The lowest BCUT2D eigenvalue weighted by molar-refractivity contribution is -0.259. The molecule has 0 radical (unpaired) electrons. The number of fused-ring (bicyclic) bond motifs is 1. The van der Waals surface area contributed by atoms with Gasteiger partial charge >= 0.3 is 6.18 Å². The zero-order valence-corrected chi connectivity index (χ0v) is 16.5. The smallest absolute Gasteiger partial charge is 0.421 e. The van der Waals surface area contributed by atoms with Crippen LogP contribution in [-0.2, 0) is 5.60 Å². The summed E-state index contributed by atoms with van der Waals surface area (Å²) in [6, 6.07) is 1.29. The zero-order valence-electron chi connectivity index (χ0n) is 16.5. The fourth-order valence-corrected chi connectivity index (χ4v) is 3.23. The third-order valence-corrected chi connectivity index (χ3v) is 5.04. The molecule has 0 spiro atoms. The lowest BCUT2D eigenvalue weighted by Gasteiger charge is -2.28. The van der Waals surface area contributed by atoms with Gasteiger partial charge in [0.05, 0.1) is 42.7 Å². The number of alkyl halides is 4. The molecule has 3 aromatic rings. The molecule has 2 N–H and O–H groups in total. The zero-order chi connectivity index (χ0) is 22.4. The standard InChI is InChI=1S/C19H18F4N6O2/c1-18(30,19(21,22)23)10-9-29-14(7-26-17(29)3-15(10)31-2)13-6-25-8-16(28-13)27-12-5-24-4-11(12)20/h3,6-9,11,24,30H,4-5H2,1-2H3/t11-,18?/m0/s1. The highest BCUT2D eigenvalue weighted by atomic mass is 19.4. The lowest BCUT2D eigenvalue weighted by atomic mass is 9.96. The first-order chi connectivity index (χ1) is 14.6. The van der Waals surface area contributed by atoms with Crippen LogP contribution in [0.5, 0.6) is 5.75 Å². The number of nitrogens with one attached hydrogen (secondary N) is 1. The third kappa shape index (κ3) is 3.72. The molecule has 4 rings (SSSR count). The van der Waals surface area contributed by atoms with Crippen molar-refractivity contribution in [1.29, 1.82) is 0 Å². The van der Waals surface area contributed by atoms with E-state index in [0.29, 0.717) is 19.2 Å². The van der Waals surface area contributed by atoms with Gasteiger partial charge in [-0.15, -0.1) is 0 Å². The normalized spacial score (nSPS) is 20.4. The second-order valence-corrected chi connectivity index (χ2v) is 7.16. The number of aliphatic hydroxyl groups is 1. The fraction of sp³-hybridized carbons (Fsp3) is 0.368. The van der Waals surface area contributed by atoms with E-state index in [-0.39, 0.29) is 35.2 Å². The van der Waals surface area contributed by atoms with Gasteiger partial charge in [-0.25, -0.2) is 19.4 Å². The van der Waals surface area contributed by atoms with Crippen molar-refractivity contribution in [2.45, 2.75) is 24.9 Å². The Bertz CT molecular complexity index is 1160. The van der Waals surface area contributed by atoms with Crippen LogP contribution in [0.2, 0.25) is 0 Å². The molecule has 0 aromatic carbocycles. The van der Waals surface area contributed by atoms with Crippen LogP contribution in [-0.4, -0.2) is 62.7 Å². The van der Waals surface area contributed by atoms with Gasteiger partial charge < -0.3 is 15.2 Å². The summed E-state index contributed by atoms with van der Waals surface area (Å²) in [5, 5.41) is 13.1. The average molecular weight is 438 g/mol. The summed E-state index contributed by atoms with van der Waals surface area (Å²) in [5.74, 6) is -0.00856. The Morgan fingerprint density at radius 2 is 2.06 bits per heavy atom. The molecule has 1 unspecified atom stereocenters. The van der Waals surface area contributed by atoms with Crippen LogP contribution >= 0.6 is 0 Å². The monoisotopic (exact) mass is 438 g/mol. The number of methoxy groups -OCH3 is 1. The highest BCUT2D eigenvalue weighted by Crippen LogP contribution is 2.43. The van der Waals surface area contributed by atoms with Crippen LogP contribution in [0, 0.1) is 0 Å². The Balaban J connectivity index is 1.83. The van der Waals surface area contributed by atoms with Gasteiger partial charge in [0.2, 0.25) is 0 Å². The van der Waals surface area contributed by atoms with Crippen LogP contribution in [0.1, 0.15) is 12.5 Å². The number of halogens is 4. The molecule has 12 heteroatoms. The fourth-order valence-electron chi connectivity index (χ4n) is 3.23. The van der Waals surface area contributed by atoms with Gasteiger partial charge in [-0.05, 0) is 6.92 Å². The number of imidazole rings is 1. The second-order valence-electron chi connectivity index (χ2n) is 7.16. The SMILES string of the molecule is COc1cc2ncc(-c3cncc(N=C4CNC[C@@H]4F)n3)n2cc1C(C)(O)C(F)(F)F. The molecule has 0 bridgehead atoms. The minimum absolute atomic E-state index is 0.157. The van der Waals surface area contributed by atoms with Crippen molar-refractivity contribution in [1.82, 2.24) is 24.7 Å². The van der Waals surface area contributed by atoms with E-state index in [1.54, 1.807) is 0 Å². The topological polar surface area (TPSA) is 96.9 Å². The minimum atomic E-state index is -4.94. The molecule has 3 aromatic heterocycles. The van der Waals surface area contributed by atoms with Gasteiger partial charge in [0, 0.05) is 25.4 Å². The molecule has 2 atom stereocenters. The van der Waals surface area contributed by atoms with Crippen molar-refractivity contribution in [3.05, 3.63) is 36.4 Å². The van der Waals surface area contributed by atoms with Crippen molar-refractivity contribution in [2.75, 3.05) is 20.2 Å². The van der Waals surface area contributed by atoms with Gasteiger partial charge in [0.15, 0.2) is 17.6 Å². The molecule has 0 saturated carbocycles. The summed E-state index contributed by atoms with van der Waals surface area (Å²) in [6.45, 7) is 1.11. The molecular formula is C19H18F4N6O2. The van der Waals surface area contributed by atoms with Crippen molar-refractivity contribution in [3.8, 4) is 17.1 Å². The van der Waals surface area contributed by atoms with E-state index in [4.69, 9.17) is 4.74 Å². The van der Waals surface area contributed by atoms with Crippen molar-refractivity contribution in [3.63, 3.8) is 0 Å². The molecule has 1 aliphatic rings. The van der Waals surface area contributed by atoms with E-state index in [0.717, 1.165) is 6.20 Å². The highest BCUT2D eigenvalue weighted by molar-refractivity contribution is 5.94. The molecule has 8 nitrogen and oxygen atoms in total. The van der Waals surface area contributed by atoms with Crippen LogP contribution in [0.4, 0.5) is 23.4 Å². The van der Waals surface area contributed by atoms with Gasteiger partial charge in [-0.1, -0.05) is 0 Å². The van der Waals surface area contributed by atoms with Crippen molar-refractivity contribution >= 4 is 17.2 Å². The third-order valence-electron chi connectivity index (χ3n) is 5.04. The van der Waals surface area contributed by atoms with Crippen LogP contribution in [0.3, 0.4) is 0 Å². The Morgan fingerprint density at radius 1 is 1.29 bits per heavy atom. The van der Waals surface area contributed by atoms with Gasteiger partial charge in [-0.2, -0.15) is 13.2 Å². The molecule has 0 amide bonds. The van der Waals surface area contributed by atoms with E-state index < -0.39 is 23.5 Å². The number of aromatic nitrogens is 4. The quantitative estimate of drug-likeness (QED) is 0.608. The van der Waals surface area contributed by atoms with Gasteiger partial charge in [0.25, 0.3) is 0 Å². The maximum absolute atomic E-state index is 13.8. The molecule has 1 fully saturated rings. The summed E-state index contributed by atoms with van der Waals surface area (Å²) in [6.07, 6.45) is -0.921. The Labute approximate surface area is 173 Å². The number of hydrogen-bond acceptors (Lipinski definition) is 7. The lowest BCUT2D eigenvalue weighted by Crippen LogP contribution is -2.39. The summed E-state index contributed by atoms with van der Waals surface area (Å²) in [7, 11) is 1.20. The van der Waals surface area contributed by atoms with Crippen LogP contribution in [0.15, 0.2) is 35.8 Å². The number of ether oxygens (including phenoxy) is 1. The van der Waals surface area contributed by atoms with E-state index in [1.165, 1.54) is 36.2 Å². The average Bonchev–Trinajstić information content (AvgIpc) is 3.32. The van der Waals surface area contributed by atoms with Crippen LogP contribution in [0.25, 0.3) is 17.0 Å². The van der Waals surface area contributed by atoms with E-state index in [9.17, 15) is 22.7 Å². The number of pyridine rings is 1. The summed E-state index contributed by atoms with van der Waals surface area (Å²) < 4.78 is 60.6. The number of hydrogen-bond donors (Lipinski definition) is 2. The summed E-state index contributed by atoms with van der Waals surface area (Å²) in [4.78, 5) is 16.7.